The van der Waals surface area contributed by atoms with Crippen molar-refractivity contribution in [3.8, 4) is 0 Å². The van der Waals surface area contributed by atoms with Crippen molar-refractivity contribution >= 4 is 11.8 Å². The van der Waals surface area contributed by atoms with Crippen LogP contribution in [0.2, 0.25) is 0 Å². The van der Waals surface area contributed by atoms with Crippen molar-refractivity contribution in [1.29, 1.82) is 0 Å². The summed E-state index contributed by atoms with van der Waals surface area (Å²) in [6.07, 6.45) is 6.47. The fourth-order valence-corrected chi connectivity index (χ4v) is 1.73. The highest BCUT2D eigenvalue weighted by Crippen LogP contribution is 2.07. The Bertz CT molecular complexity index is 266. The summed E-state index contributed by atoms with van der Waals surface area (Å²) in [5.41, 5.74) is 0. The largest absolute Gasteiger partial charge is 0.390 e. The third kappa shape index (κ3) is 5.53. The molecule has 0 aliphatic heterocycles. The second-order valence-electron chi connectivity index (χ2n) is 3.92. The lowest BCUT2D eigenvalue weighted by Gasteiger charge is -2.13. The van der Waals surface area contributed by atoms with Gasteiger partial charge in [0.2, 0.25) is 0 Å². The number of nitrogens with one attached hydrogen (secondary N) is 1. The van der Waals surface area contributed by atoms with Gasteiger partial charge in [-0.1, -0.05) is 6.92 Å². The number of aliphatic hydroxyl groups is 1. The predicted octanol–water partition coefficient (Wildman–Crippen LogP) is 0.975. The molecule has 0 amide bonds. The van der Waals surface area contributed by atoms with Gasteiger partial charge in [-0.15, -0.1) is 0 Å². The van der Waals surface area contributed by atoms with Crippen LogP contribution in [0.1, 0.15) is 13.3 Å². The van der Waals surface area contributed by atoms with E-state index in [-0.39, 0.29) is 6.10 Å². The molecule has 0 aromatic carbocycles. The summed E-state index contributed by atoms with van der Waals surface area (Å²) >= 11 is 1.87. The molecule has 0 aliphatic carbocycles. The molecule has 2 unspecified atom stereocenters. The van der Waals surface area contributed by atoms with E-state index in [1.165, 1.54) is 0 Å². The Morgan fingerprint density at radius 3 is 3.00 bits per heavy atom. The zero-order valence-electron chi connectivity index (χ0n) is 9.97. The van der Waals surface area contributed by atoms with Gasteiger partial charge in [-0.3, -0.25) is 4.68 Å². The van der Waals surface area contributed by atoms with Crippen LogP contribution in [0.4, 0.5) is 0 Å². The first-order valence-corrected chi connectivity index (χ1v) is 6.90. The molecule has 0 saturated carbocycles. The van der Waals surface area contributed by atoms with Gasteiger partial charge in [-0.25, -0.2) is 0 Å². The van der Waals surface area contributed by atoms with Crippen molar-refractivity contribution in [2.24, 2.45) is 0 Å². The van der Waals surface area contributed by atoms with E-state index in [0.29, 0.717) is 18.3 Å². The monoisotopic (exact) mass is 243 g/mol. The Balaban J connectivity index is 2.04. The Kier molecular flexibility index (Phi) is 6.52. The molecule has 0 bridgehead atoms. The second kappa shape index (κ2) is 7.70. The molecular formula is C11H21N3OS. The predicted molar refractivity (Wildman–Crippen MR) is 68.7 cm³/mol. The van der Waals surface area contributed by atoms with Crippen LogP contribution < -0.4 is 5.32 Å². The molecule has 1 rings (SSSR count). The highest BCUT2D eigenvalue weighted by atomic mass is 32.2. The highest BCUT2D eigenvalue weighted by Gasteiger charge is 2.05. The van der Waals surface area contributed by atoms with Crippen LogP contribution in [0.25, 0.3) is 0 Å². The molecule has 0 spiro atoms. The van der Waals surface area contributed by atoms with Crippen molar-refractivity contribution in [3.63, 3.8) is 0 Å². The summed E-state index contributed by atoms with van der Waals surface area (Å²) in [5, 5.41) is 17.7. The minimum atomic E-state index is -0.371. The third-order valence-corrected chi connectivity index (χ3v) is 3.51. The summed E-state index contributed by atoms with van der Waals surface area (Å²) in [6.45, 7) is 4.35. The van der Waals surface area contributed by atoms with Gasteiger partial charge in [0, 0.05) is 24.2 Å². The molecule has 4 nitrogen and oxygen atoms in total. The highest BCUT2D eigenvalue weighted by molar-refractivity contribution is 7.99. The van der Waals surface area contributed by atoms with Crippen molar-refractivity contribution in [2.45, 2.75) is 31.2 Å². The van der Waals surface area contributed by atoms with Gasteiger partial charge in [0.1, 0.15) is 0 Å². The molecule has 2 N–H and O–H groups in total. The fourth-order valence-electron chi connectivity index (χ4n) is 1.38. The molecule has 2 atom stereocenters. The average Bonchev–Trinajstić information content (AvgIpc) is 2.76. The van der Waals surface area contributed by atoms with Crippen LogP contribution in [-0.4, -0.2) is 45.6 Å². The summed E-state index contributed by atoms with van der Waals surface area (Å²) < 4.78 is 1.75. The standard InChI is InChI=1S/C11H21N3OS/c1-10(16-2)4-6-12-8-11(15)9-14-7-3-5-13-14/h3,5,7,10-12,15H,4,6,8-9H2,1-2H3. The normalized spacial score (nSPS) is 14.9. The molecule has 0 fully saturated rings. The number of hydrogen-bond donors (Lipinski definition) is 2. The van der Waals surface area contributed by atoms with Gasteiger partial charge < -0.3 is 10.4 Å². The molecule has 1 heterocycles. The van der Waals surface area contributed by atoms with E-state index in [1.54, 1.807) is 10.9 Å². The van der Waals surface area contributed by atoms with E-state index in [4.69, 9.17) is 0 Å². The van der Waals surface area contributed by atoms with Gasteiger partial charge >= 0.3 is 0 Å². The van der Waals surface area contributed by atoms with Crippen molar-refractivity contribution < 1.29 is 5.11 Å². The van der Waals surface area contributed by atoms with Crippen LogP contribution in [0.5, 0.6) is 0 Å². The first kappa shape index (κ1) is 13.5. The van der Waals surface area contributed by atoms with Crippen molar-refractivity contribution in [1.82, 2.24) is 15.1 Å². The molecule has 16 heavy (non-hydrogen) atoms. The van der Waals surface area contributed by atoms with Crippen LogP contribution >= 0.6 is 11.8 Å². The Morgan fingerprint density at radius 2 is 2.38 bits per heavy atom. The summed E-state index contributed by atoms with van der Waals surface area (Å²) in [5.74, 6) is 0. The maximum atomic E-state index is 9.71. The minimum Gasteiger partial charge on any atom is -0.390 e. The van der Waals surface area contributed by atoms with Gasteiger partial charge in [0.15, 0.2) is 0 Å². The fraction of sp³-hybridized carbons (Fsp3) is 0.727. The first-order chi connectivity index (χ1) is 7.72. The lowest BCUT2D eigenvalue weighted by atomic mass is 10.3. The molecule has 92 valence electrons. The first-order valence-electron chi connectivity index (χ1n) is 5.61. The van der Waals surface area contributed by atoms with E-state index >= 15 is 0 Å². The molecule has 0 radical (unpaired) electrons. The summed E-state index contributed by atoms with van der Waals surface area (Å²) in [4.78, 5) is 0. The minimum absolute atomic E-state index is 0.371. The quantitative estimate of drug-likeness (QED) is 0.668. The van der Waals surface area contributed by atoms with Gasteiger partial charge in [-0.2, -0.15) is 16.9 Å². The van der Waals surface area contributed by atoms with Crippen LogP contribution in [-0.2, 0) is 6.54 Å². The summed E-state index contributed by atoms with van der Waals surface area (Å²) in [7, 11) is 0. The second-order valence-corrected chi connectivity index (χ2v) is 5.20. The lowest BCUT2D eigenvalue weighted by molar-refractivity contribution is 0.147. The smallest absolute Gasteiger partial charge is 0.0860 e. The number of aliphatic hydroxyl groups excluding tert-OH is 1. The van der Waals surface area contributed by atoms with Crippen LogP contribution in [0, 0.1) is 0 Å². The van der Waals surface area contributed by atoms with E-state index in [9.17, 15) is 5.11 Å². The van der Waals surface area contributed by atoms with Crippen LogP contribution in [0.15, 0.2) is 18.5 Å². The number of hydrogen-bond acceptors (Lipinski definition) is 4. The zero-order valence-corrected chi connectivity index (χ0v) is 10.8. The van der Waals surface area contributed by atoms with E-state index in [1.807, 2.05) is 24.0 Å². The van der Waals surface area contributed by atoms with Crippen LogP contribution in [0.3, 0.4) is 0 Å². The number of nitrogens with zero attached hydrogens (tertiary/aromatic N) is 2. The van der Waals surface area contributed by atoms with E-state index in [2.05, 4.69) is 23.6 Å². The van der Waals surface area contributed by atoms with Gasteiger partial charge in [-0.05, 0) is 25.3 Å². The maximum absolute atomic E-state index is 9.71. The molecule has 1 aromatic heterocycles. The van der Waals surface area contributed by atoms with E-state index in [0.717, 1.165) is 13.0 Å². The zero-order chi connectivity index (χ0) is 11.8. The topological polar surface area (TPSA) is 50.1 Å². The summed E-state index contributed by atoms with van der Waals surface area (Å²) in [6, 6.07) is 1.86. The number of rotatable bonds is 8. The van der Waals surface area contributed by atoms with Crippen molar-refractivity contribution in [3.05, 3.63) is 18.5 Å². The Morgan fingerprint density at radius 1 is 1.56 bits per heavy atom. The number of aromatic nitrogens is 2. The number of thioether (sulfide) groups is 1. The lowest BCUT2D eigenvalue weighted by Crippen LogP contribution is -2.31. The molecule has 5 heteroatoms. The Hall–Kier alpha value is -0.520. The molecule has 1 aromatic rings. The Labute approximate surface area is 101 Å². The van der Waals surface area contributed by atoms with Crippen molar-refractivity contribution in [2.75, 3.05) is 19.3 Å². The van der Waals surface area contributed by atoms with E-state index < -0.39 is 0 Å². The molecular weight excluding hydrogens is 222 g/mol. The molecule has 0 aliphatic rings. The van der Waals surface area contributed by atoms with Gasteiger partial charge in [0.25, 0.3) is 0 Å². The average molecular weight is 243 g/mol. The van der Waals surface area contributed by atoms with Gasteiger partial charge in [0.05, 0.1) is 12.6 Å². The SMILES string of the molecule is CSC(C)CCNCC(O)Cn1cccn1. The molecule has 0 saturated heterocycles. The maximum Gasteiger partial charge on any atom is 0.0860 e. The third-order valence-electron chi connectivity index (χ3n) is 2.47.